The Hall–Kier alpha value is -1.95. The Morgan fingerprint density at radius 2 is 2.37 bits per heavy atom. The van der Waals surface area contributed by atoms with Gasteiger partial charge in [0.25, 0.3) is 5.91 Å². The Balaban J connectivity index is 2.04. The standard InChI is InChI=1S/C13H18N4O2/c1-2-10(3-6-18)7-15-13(19)11-8-16-17-5-4-14-9-12(11)17/h4-5,8-10,18H,2-3,6-7H2,1H3,(H,15,19). The third kappa shape index (κ3) is 3.08. The van der Waals surface area contributed by atoms with E-state index in [-0.39, 0.29) is 12.5 Å². The van der Waals surface area contributed by atoms with Crippen LogP contribution >= 0.6 is 0 Å². The number of rotatable bonds is 6. The Morgan fingerprint density at radius 1 is 1.53 bits per heavy atom. The Kier molecular flexibility index (Phi) is 4.46. The minimum atomic E-state index is -0.153. The summed E-state index contributed by atoms with van der Waals surface area (Å²) in [7, 11) is 0. The Morgan fingerprint density at radius 3 is 3.11 bits per heavy atom. The molecule has 19 heavy (non-hydrogen) atoms. The molecule has 0 aliphatic heterocycles. The van der Waals surface area contributed by atoms with Gasteiger partial charge in [-0.15, -0.1) is 0 Å². The van der Waals surface area contributed by atoms with Crippen molar-refractivity contribution in [2.24, 2.45) is 5.92 Å². The van der Waals surface area contributed by atoms with Gasteiger partial charge in [-0.2, -0.15) is 5.10 Å². The predicted molar refractivity (Wildman–Crippen MR) is 70.8 cm³/mol. The number of hydrogen-bond acceptors (Lipinski definition) is 4. The van der Waals surface area contributed by atoms with Crippen LogP contribution in [-0.2, 0) is 0 Å². The highest BCUT2D eigenvalue weighted by molar-refractivity contribution is 6.00. The van der Waals surface area contributed by atoms with Gasteiger partial charge in [-0.3, -0.25) is 9.78 Å². The summed E-state index contributed by atoms with van der Waals surface area (Å²) >= 11 is 0. The van der Waals surface area contributed by atoms with Gasteiger partial charge in [0.05, 0.1) is 23.5 Å². The Bertz CT molecular complexity index is 552. The largest absolute Gasteiger partial charge is 0.396 e. The van der Waals surface area contributed by atoms with Crippen LogP contribution in [0.5, 0.6) is 0 Å². The molecule has 0 saturated heterocycles. The van der Waals surface area contributed by atoms with Gasteiger partial charge in [0, 0.05) is 25.5 Å². The lowest BCUT2D eigenvalue weighted by Crippen LogP contribution is -2.29. The zero-order valence-corrected chi connectivity index (χ0v) is 10.9. The van der Waals surface area contributed by atoms with E-state index in [1.807, 2.05) is 6.92 Å². The molecule has 0 bridgehead atoms. The minimum Gasteiger partial charge on any atom is -0.396 e. The summed E-state index contributed by atoms with van der Waals surface area (Å²) in [6.45, 7) is 2.76. The first-order valence-electron chi connectivity index (χ1n) is 6.42. The molecule has 0 aromatic carbocycles. The van der Waals surface area contributed by atoms with Crippen molar-refractivity contribution in [1.82, 2.24) is 19.9 Å². The average Bonchev–Trinajstić information content (AvgIpc) is 2.87. The van der Waals surface area contributed by atoms with E-state index >= 15 is 0 Å². The van der Waals surface area contributed by atoms with E-state index < -0.39 is 0 Å². The second-order valence-corrected chi connectivity index (χ2v) is 4.46. The van der Waals surface area contributed by atoms with Crippen LogP contribution in [0.1, 0.15) is 30.1 Å². The number of amides is 1. The predicted octanol–water partition coefficient (Wildman–Crippen LogP) is 0.868. The topological polar surface area (TPSA) is 79.5 Å². The van der Waals surface area contributed by atoms with Crippen molar-refractivity contribution in [1.29, 1.82) is 0 Å². The highest BCUT2D eigenvalue weighted by Crippen LogP contribution is 2.10. The number of carbonyl (C=O) groups excluding carboxylic acids is 1. The monoisotopic (exact) mass is 262 g/mol. The highest BCUT2D eigenvalue weighted by Gasteiger charge is 2.14. The van der Waals surface area contributed by atoms with Crippen molar-refractivity contribution < 1.29 is 9.90 Å². The molecule has 102 valence electrons. The number of nitrogens with one attached hydrogen (secondary N) is 1. The summed E-state index contributed by atoms with van der Waals surface area (Å²) in [5, 5.41) is 15.9. The molecule has 2 rings (SSSR count). The van der Waals surface area contributed by atoms with E-state index in [0.29, 0.717) is 30.0 Å². The molecule has 2 aromatic rings. The van der Waals surface area contributed by atoms with Gasteiger partial charge in [-0.25, -0.2) is 4.52 Å². The van der Waals surface area contributed by atoms with E-state index in [2.05, 4.69) is 15.4 Å². The van der Waals surface area contributed by atoms with Crippen LogP contribution in [0.25, 0.3) is 5.52 Å². The third-order valence-electron chi connectivity index (χ3n) is 3.24. The smallest absolute Gasteiger partial charge is 0.255 e. The number of hydrogen-bond donors (Lipinski definition) is 2. The summed E-state index contributed by atoms with van der Waals surface area (Å²) in [6.07, 6.45) is 8.11. The first-order chi connectivity index (χ1) is 9.26. The van der Waals surface area contributed by atoms with E-state index in [0.717, 1.165) is 6.42 Å². The molecule has 1 atom stereocenters. The van der Waals surface area contributed by atoms with E-state index in [1.54, 1.807) is 29.3 Å². The van der Waals surface area contributed by atoms with Crippen LogP contribution < -0.4 is 5.32 Å². The molecule has 1 amide bonds. The van der Waals surface area contributed by atoms with E-state index in [9.17, 15) is 4.79 Å². The lowest BCUT2D eigenvalue weighted by atomic mass is 10.0. The van der Waals surface area contributed by atoms with Crippen molar-refractivity contribution >= 4 is 11.4 Å². The second kappa shape index (κ2) is 6.29. The van der Waals surface area contributed by atoms with Crippen molar-refractivity contribution in [2.45, 2.75) is 19.8 Å². The maximum Gasteiger partial charge on any atom is 0.255 e. The van der Waals surface area contributed by atoms with Crippen LogP contribution in [-0.4, -0.2) is 38.8 Å². The minimum absolute atomic E-state index is 0.148. The van der Waals surface area contributed by atoms with Gasteiger partial charge < -0.3 is 10.4 Å². The molecule has 0 fully saturated rings. The molecule has 0 radical (unpaired) electrons. The summed E-state index contributed by atoms with van der Waals surface area (Å²) in [5.74, 6) is 0.147. The zero-order chi connectivity index (χ0) is 13.7. The van der Waals surface area contributed by atoms with Crippen molar-refractivity contribution in [3.05, 3.63) is 30.4 Å². The van der Waals surface area contributed by atoms with Gasteiger partial charge in [0.2, 0.25) is 0 Å². The van der Waals surface area contributed by atoms with E-state index in [4.69, 9.17) is 5.11 Å². The highest BCUT2D eigenvalue weighted by atomic mass is 16.3. The molecule has 2 heterocycles. The van der Waals surface area contributed by atoms with Gasteiger partial charge in [-0.1, -0.05) is 13.3 Å². The van der Waals surface area contributed by atoms with Crippen LogP contribution in [0.3, 0.4) is 0 Å². The molecule has 2 N–H and O–H groups in total. The molecule has 0 spiro atoms. The average molecular weight is 262 g/mol. The molecule has 2 aromatic heterocycles. The summed E-state index contributed by atoms with van der Waals surface area (Å²) < 4.78 is 1.62. The molecule has 0 aliphatic rings. The third-order valence-corrected chi connectivity index (χ3v) is 3.24. The molecular weight excluding hydrogens is 244 g/mol. The molecule has 0 aliphatic carbocycles. The molecule has 1 unspecified atom stereocenters. The number of aromatic nitrogens is 3. The fourth-order valence-corrected chi connectivity index (χ4v) is 1.97. The lowest BCUT2D eigenvalue weighted by molar-refractivity contribution is 0.0945. The van der Waals surface area contributed by atoms with Crippen molar-refractivity contribution in [3.63, 3.8) is 0 Å². The maximum atomic E-state index is 12.1. The van der Waals surface area contributed by atoms with Crippen LogP contribution in [0, 0.1) is 5.92 Å². The van der Waals surface area contributed by atoms with Gasteiger partial charge in [0.1, 0.15) is 0 Å². The first kappa shape index (κ1) is 13.5. The fourth-order valence-electron chi connectivity index (χ4n) is 1.97. The quantitative estimate of drug-likeness (QED) is 0.809. The van der Waals surface area contributed by atoms with Crippen molar-refractivity contribution in [2.75, 3.05) is 13.2 Å². The van der Waals surface area contributed by atoms with Crippen LogP contribution in [0.4, 0.5) is 0 Å². The number of nitrogens with zero attached hydrogens (tertiary/aromatic N) is 3. The van der Waals surface area contributed by atoms with Gasteiger partial charge in [0.15, 0.2) is 0 Å². The van der Waals surface area contributed by atoms with Crippen LogP contribution in [0.2, 0.25) is 0 Å². The number of aliphatic hydroxyl groups is 1. The molecule has 6 nitrogen and oxygen atoms in total. The molecular formula is C13H18N4O2. The van der Waals surface area contributed by atoms with Gasteiger partial charge >= 0.3 is 0 Å². The number of carbonyl (C=O) groups is 1. The van der Waals surface area contributed by atoms with E-state index in [1.165, 1.54) is 0 Å². The first-order valence-corrected chi connectivity index (χ1v) is 6.42. The summed E-state index contributed by atoms with van der Waals surface area (Å²) in [5.41, 5.74) is 1.21. The molecule has 6 heteroatoms. The van der Waals surface area contributed by atoms with Crippen molar-refractivity contribution in [3.8, 4) is 0 Å². The summed E-state index contributed by atoms with van der Waals surface area (Å²) in [6, 6.07) is 0. The second-order valence-electron chi connectivity index (χ2n) is 4.46. The SMILES string of the molecule is CCC(CCO)CNC(=O)c1cnn2ccncc12. The maximum absolute atomic E-state index is 12.1. The number of fused-ring (bicyclic) bond motifs is 1. The zero-order valence-electron chi connectivity index (χ0n) is 10.9. The molecule has 0 saturated carbocycles. The number of aliphatic hydroxyl groups excluding tert-OH is 1. The fraction of sp³-hybridized carbons (Fsp3) is 0.462. The Labute approximate surface area is 111 Å². The van der Waals surface area contributed by atoms with Gasteiger partial charge in [-0.05, 0) is 12.3 Å². The lowest BCUT2D eigenvalue weighted by Gasteiger charge is -2.13. The normalized spacial score (nSPS) is 12.5. The summed E-state index contributed by atoms with van der Waals surface area (Å²) in [4.78, 5) is 16.1. The van der Waals surface area contributed by atoms with Crippen LogP contribution in [0.15, 0.2) is 24.8 Å².